The van der Waals surface area contributed by atoms with Gasteiger partial charge in [0.1, 0.15) is 0 Å². The molecule has 0 aromatic heterocycles. The normalized spacial score (nSPS) is 21.3. The van der Waals surface area contributed by atoms with Gasteiger partial charge < -0.3 is 0 Å². The van der Waals surface area contributed by atoms with E-state index in [-0.39, 0.29) is 16.9 Å². The molecule has 0 saturated carbocycles. The van der Waals surface area contributed by atoms with Crippen LogP contribution in [0.4, 0.5) is 0 Å². The lowest BCUT2D eigenvalue weighted by molar-refractivity contribution is 0.289. The highest BCUT2D eigenvalue weighted by atomic mass is 14.9. The predicted octanol–water partition coefficient (Wildman–Crippen LogP) is 5.81. The number of hydrogen-bond acceptors (Lipinski definition) is 1. The Bertz CT molecular complexity index is 936. The van der Waals surface area contributed by atoms with Crippen LogP contribution in [0.2, 0.25) is 0 Å². The molecule has 0 N–H and O–H groups in total. The average molecular weight is 323 g/mol. The van der Waals surface area contributed by atoms with Crippen molar-refractivity contribution in [2.45, 2.75) is 25.3 Å². The van der Waals surface area contributed by atoms with Crippen molar-refractivity contribution in [3.8, 4) is 11.1 Å². The van der Waals surface area contributed by atoms with Gasteiger partial charge in [-0.05, 0) is 27.8 Å². The molecule has 5 rings (SSSR count). The van der Waals surface area contributed by atoms with Gasteiger partial charge in [0.2, 0.25) is 0 Å². The van der Waals surface area contributed by atoms with Crippen molar-refractivity contribution in [2.75, 3.05) is 0 Å². The molecule has 1 heteroatoms. The van der Waals surface area contributed by atoms with Gasteiger partial charge >= 0.3 is 0 Å². The Kier molecular flexibility index (Phi) is 2.88. The van der Waals surface area contributed by atoms with E-state index in [0.717, 1.165) is 0 Å². The zero-order valence-corrected chi connectivity index (χ0v) is 14.6. The van der Waals surface area contributed by atoms with Gasteiger partial charge in [0.05, 0.1) is 11.5 Å². The molecule has 1 unspecified atom stereocenters. The highest BCUT2D eigenvalue weighted by molar-refractivity contribution is 5.88. The molecule has 3 aromatic carbocycles. The van der Waals surface area contributed by atoms with Gasteiger partial charge in [0, 0.05) is 11.6 Å². The standard InChI is InChI=1S/C24H21N/c1-23(2)16-25-22(17-10-4-3-5-11-17)24(23)20-14-8-6-12-18(20)19-13-7-9-15-21(19)24/h3-16,22H,1-2H3. The third-order valence-electron chi connectivity index (χ3n) is 6.08. The maximum atomic E-state index is 5.07. The molecule has 25 heavy (non-hydrogen) atoms. The lowest BCUT2D eigenvalue weighted by Crippen LogP contribution is -2.42. The monoisotopic (exact) mass is 323 g/mol. The van der Waals surface area contributed by atoms with Crippen molar-refractivity contribution in [3.05, 3.63) is 95.6 Å². The van der Waals surface area contributed by atoms with E-state index in [1.54, 1.807) is 0 Å². The van der Waals surface area contributed by atoms with E-state index in [0.29, 0.717) is 0 Å². The molecule has 3 aromatic rings. The summed E-state index contributed by atoms with van der Waals surface area (Å²) in [4.78, 5) is 5.07. The van der Waals surface area contributed by atoms with E-state index < -0.39 is 0 Å². The first-order valence-corrected chi connectivity index (χ1v) is 8.95. The number of benzene rings is 3. The van der Waals surface area contributed by atoms with Crippen LogP contribution >= 0.6 is 0 Å². The third kappa shape index (κ3) is 1.71. The SMILES string of the molecule is CC1(C)C=NC(c2ccccc2)C12c1ccccc1-c1ccccc12. The Balaban J connectivity index is 1.89. The fourth-order valence-corrected chi connectivity index (χ4v) is 5.06. The van der Waals surface area contributed by atoms with Crippen molar-refractivity contribution < 1.29 is 0 Å². The van der Waals surface area contributed by atoms with Crippen LogP contribution in [0.3, 0.4) is 0 Å². The summed E-state index contributed by atoms with van der Waals surface area (Å²) < 4.78 is 0. The van der Waals surface area contributed by atoms with Crippen LogP contribution in [0, 0.1) is 5.41 Å². The molecule has 0 amide bonds. The number of rotatable bonds is 1. The van der Waals surface area contributed by atoms with Crippen molar-refractivity contribution in [3.63, 3.8) is 0 Å². The molecular formula is C24H21N. The van der Waals surface area contributed by atoms with Crippen molar-refractivity contribution >= 4 is 6.21 Å². The average Bonchev–Trinajstić information content (AvgIpc) is 3.11. The third-order valence-corrected chi connectivity index (χ3v) is 6.08. The second kappa shape index (κ2) is 4.92. The second-order valence-corrected chi connectivity index (χ2v) is 7.71. The van der Waals surface area contributed by atoms with E-state index in [4.69, 9.17) is 4.99 Å². The minimum atomic E-state index is -0.151. The van der Waals surface area contributed by atoms with Gasteiger partial charge in [-0.2, -0.15) is 0 Å². The fourth-order valence-electron chi connectivity index (χ4n) is 5.06. The molecule has 1 atom stereocenters. The maximum Gasteiger partial charge on any atom is 0.0891 e. The largest absolute Gasteiger partial charge is 0.288 e. The number of nitrogens with zero attached hydrogens (tertiary/aromatic N) is 1. The first kappa shape index (κ1) is 14.7. The molecule has 122 valence electrons. The molecule has 1 aliphatic heterocycles. The summed E-state index contributed by atoms with van der Waals surface area (Å²) in [6.07, 6.45) is 2.18. The lowest BCUT2D eigenvalue weighted by Gasteiger charge is -2.43. The first-order chi connectivity index (χ1) is 12.2. The molecule has 0 bridgehead atoms. The van der Waals surface area contributed by atoms with Crippen LogP contribution in [0.5, 0.6) is 0 Å². The maximum absolute atomic E-state index is 5.07. The zero-order chi connectivity index (χ0) is 17.1. The second-order valence-electron chi connectivity index (χ2n) is 7.71. The Morgan fingerprint density at radius 3 is 1.80 bits per heavy atom. The van der Waals surface area contributed by atoms with Crippen LogP contribution in [0.15, 0.2) is 83.9 Å². The van der Waals surface area contributed by atoms with Gasteiger partial charge in [-0.3, -0.25) is 4.99 Å². The Labute approximate surface area is 149 Å². The molecule has 0 radical (unpaired) electrons. The van der Waals surface area contributed by atoms with Crippen molar-refractivity contribution in [2.24, 2.45) is 10.4 Å². The summed E-state index contributed by atoms with van der Waals surface area (Å²) in [5.74, 6) is 0. The first-order valence-electron chi connectivity index (χ1n) is 8.95. The molecule has 1 heterocycles. The van der Waals surface area contributed by atoms with Crippen LogP contribution < -0.4 is 0 Å². The van der Waals surface area contributed by atoms with Crippen molar-refractivity contribution in [1.29, 1.82) is 0 Å². The molecule has 0 fully saturated rings. The molecule has 0 saturated heterocycles. The fraction of sp³-hybridized carbons (Fsp3) is 0.208. The van der Waals surface area contributed by atoms with Gasteiger partial charge in [-0.1, -0.05) is 92.7 Å². The van der Waals surface area contributed by atoms with Crippen LogP contribution in [-0.2, 0) is 5.41 Å². The van der Waals surface area contributed by atoms with Crippen LogP contribution in [0.1, 0.15) is 36.6 Å². The predicted molar refractivity (Wildman–Crippen MR) is 104 cm³/mol. The van der Waals surface area contributed by atoms with Crippen molar-refractivity contribution in [1.82, 2.24) is 0 Å². The highest BCUT2D eigenvalue weighted by Crippen LogP contribution is 2.65. The Morgan fingerprint density at radius 1 is 0.680 bits per heavy atom. The summed E-state index contributed by atoms with van der Waals surface area (Å²) in [6.45, 7) is 4.66. The smallest absolute Gasteiger partial charge is 0.0891 e. The topological polar surface area (TPSA) is 12.4 Å². The van der Waals surface area contributed by atoms with Crippen LogP contribution in [0.25, 0.3) is 11.1 Å². The zero-order valence-electron chi connectivity index (χ0n) is 14.6. The van der Waals surface area contributed by atoms with E-state index in [9.17, 15) is 0 Å². The minimum absolute atomic E-state index is 0.0593. The van der Waals surface area contributed by atoms with E-state index >= 15 is 0 Å². The van der Waals surface area contributed by atoms with Crippen LogP contribution in [-0.4, -0.2) is 6.21 Å². The van der Waals surface area contributed by atoms with Gasteiger partial charge in [-0.15, -0.1) is 0 Å². The summed E-state index contributed by atoms with van der Waals surface area (Å²) >= 11 is 0. The highest BCUT2D eigenvalue weighted by Gasteiger charge is 2.60. The molecule has 1 nitrogen and oxygen atoms in total. The Hall–Kier alpha value is -2.67. The molecule has 1 spiro atoms. The number of aliphatic imine (C=N–C) groups is 1. The van der Waals surface area contributed by atoms with E-state index in [1.807, 2.05) is 0 Å². The number of hydrogen-bond donors (Lipinski definition) is 0. The van der Waals surface area contributed by atoms with E-state index in [1.165, 1.54) is 27.8 Å². The quantitative estimate of drug-likeness (QED) is 0.536. The molecule has 2 aliphatic rings. The summed E-state index contributed by atoms with van der Waals surface area (Å²) in [7, 11) is 0. The molecular weight excluding hydrogens is 302 g/mol. The summed E-state index contributed by atoms with van der Waals surface area (Å²) in [6, 6.07) is 28.6. The summed E-state index contributed by atoms with van der Waals surface area (Å²) in [5.41, 5.74) is 6.61. The van der Waals surface area contributed by atoms with Gasteiger partial charge in [-0.25, -0.2) is 0 Å². The Morgan fingerprint density at radius 2 is 1.20 bits per heavy atom. The van der Waals surface area contributed by atoms with E-state index in [2.05, 4.69) is 98.9 Å². The summed E-state index contributed by atoms with van der Waals surface area (Å²) in [5, 5.41) is 0. The minimum Gasteiger partial charge on any atom is -0.288 e. The van der Waals surface area contributed by atoms with Gasteiger partial charge in [0.25, 0.3) is 0 Å². The lowest BCUT2D eigenvalue weighted by atomic mass is 9.58. The molecule has 1 aliphatic carbocycles. The number of fused-ring (bicyclic) bond motifs is 5. The van der Waals surface area contributed by atoms with Gasteiger partial charge in [0.15, 0.2) is 0 Å².